The molecule has 1 aliphatic rings. The van der Waals surface area contributed by atoms with Crippen molar-refractivity contribution in [2.75, 3.05) is 18.4 Å². The van der Waals surface area contributed by atoms with E-state index in [0.717, 1.165) is 18.5 Å². The number of carbonyl (C=O) groups is 2. The van der Waals surface area contributed by atoms with E-state index in [0.29, 0.717) is 18.5 Å². The summed E-state index contributed by atoms with van der Waals surface area (Å²) in [5.41, 5.74) is 0.816. The lowest BCUT2D eigenvalue weighted by molar-refractivity contribution is -0.140. The Morgan fingerprint density at radius 3 is 2.40 bits per heavy atom. The normalized spacial score (nSPS) is 15.7. The van der Waals surface area contributed by atoms with Crippen LogP contribution in [0.15, 0.2) is 24.3 Å². The van der Waals surface area contributed by atoms with Crippen LogP contribution in [0.3, 0.4) is 0 Å². The maximum absolute atomic E-state index is 11.6. The molecular weight excluding hydrogens is 256 g/mol. The Balaban J connectivity index is 1.92. The standard InChI is InChI=1S/C15H20N2O3/c1-2-9-16-10-13(18)17-12-5-3-11(4-6-12)15(7-8-15)14(19)20/h3-6,16H,2,7-10H2,1H3,(H,17,18)(H,19,20). The molecule has 1 aromatic rings. The lowest BCUT2D eigenvalue weighted by Crippen LogP contribution is -2.28. The van der Waals surface area contributed by atoms with E-state index in [-0.39, 0.29) is 12.5 Å². The van der Waals surface area contributed by atoms with Crippen LogP contribution in [0, 0.1) is 0 Å². The van der Waals surface area contributed by atoms with Crippen molar-refractivity contribution in [2.24, 2.45) is 0 Å². The predicted molar refractivity (Wildman–Crippen MR) is 76.8 cm³/mol. The maximum Gasteiger partial charge on any atom is 0.314 e. The minimum absolute atomic E-state index is 0.0921. The second-order valence-corrected chi connectivity index (χ2v) is 5.19. The molecule has 0 saturated heterocycles. The zero-order valence-corrected chi connectivity index (χ0v) is 11.6. The summed E-state index contributed by atoms with van der Waals surface area (Å²) >= 11 is 0. The summed E-state index contributed by atoms with van der Waals surface area (Å²) in [6, 6.07) is 7.10. The average Bonchev–Trinajstić information content (AvgIpc) is 3.21. The molecule has 0 radical (unpaired) electrons. The summed E-state index contributed by atoms with van der Waals surface area (Å²) in [6.07, 6.45) is 2.36. The molecule has 3 N–H and O–H groups in total. The number of carbonyl (C=O) groups excluding carboxylic acids is 1. The third-order valence-corrected chi connectivity index (χ3v) is 3.59. The van der Waals surface area contributed by atoms with Gasteiger partial charge in [0.05, 0.1) is 12.0 Å². The Hall–Kier alpha value is -1.88. The Labute approximate surface area is 118 Å². The molecule has 0 aromatic heterocycles. The first-order valence-electron chi connectivity index (χ1n) is 6.93. The molecule has 20 heavy (non-hydrogen) atoms. The molecule has 1 amide bonds. The van der Waals surface area contributed by atoms with Gasteiger partial charge >= 0.3 is 5.97 Å². The lowest BCUT2D eigenvalue weighted by atomic mass is 9.96. The quantitative estimate of drug-likeness (QED) is 0.663. The second-order valence-electron chi connectivity index (χ2n) is 5.19. The van der Waals surface area contributed by atoms with E-state index in [9.17, 15) is 14.7 Å². The molecule has 0 aliphatic heterocycles. The molecule has 5 heteroatoms. The molecular formula is C15H20N2O3. The predicted octanol–water partition coefficient (Wildman–Crippen LogP) is 1.74. The molecule has 5 nitrogen and oxygen atoms in total. The van der Waals surface area contributed by atoms with Crippen LogP contribution in [0.2, 0.25) is 0 Å². The van der Waals surface area contributed by atoms with Crippen molar-refractivity contribution < 1.29 is 14.7 Å². The second kappa shape index (κ2) is 6.05. The van der Waals surface area contributed by atoms with Crippen LogP contribution in [0.25, 0.3) is 0 Å². The first-order valence-corrected chi connectivity index (χ1v) is 6.93. The van der Waals surface area contributed by atoms with Crippen LogP contribution in [-0.4, -0.2) is 30.1 Å². The Bertz CT molecular complexity index is 492. The highest BCUT2D eigenvalue weighted by Crippen LogP contribution is 2.48. The van der Waals surface area contributed by atoms with Gasteiger partial charge in [0, 0.05) is 5.69 Å². The number of amides is 1. The van der Waals surface area contributed by atoms with Crippen molar-refractivity contribution in [2.45, 2.75) is 31.6 Å². The van der Waals surface area contributed by atoms with E-state index in [1.165, 1.54) is 0 Å². The van der Waals surface area contributed by atoms with Crippen LogP contribution in [0.5, 0.6) is 0 Å². The van der Waals surface area contributed by atoms with Crippen LogP contribution in [0.4, 0.5) is 5.69 Å². The number of carboxylic acid groups (broad SMARTS) is 1. The fourth-order valence-electron chi connectivity index (χ4n) is 2.21. The topological polar surface area (TPSA) is 78.4 Å². The van der Waals surface area contributed by atoms with Crippen molar-refractivity contribution in [3.05, 3.63) is 29.8 Å². The summed E-state index contributed by atoms with van der Waals surface area (Å²) in [5.74, 6) is -0.858. The van der Waals surface area contributed by atoms with E-state index in [4.69, 9.17) is 0 Å². The molecule has 1 aromatic carbocycles. The number of anilines is 1. The fourth-order valence-corrected chi connectivity index (χ4v) is 2.21. The molecule has 0 spiro atoms. The molecule has 1 aliphatic carbocycles. The van der Waals surface area contributed by atoms with E-state index in [1.807, 2.05) is 6.92 Å². The van der Waals surface area contributed by atoms with Crippen molar-refractivity contribution >= 4 is 17.6 Å². The maximum atomic E-state index is 11.6. The summed E-state index contributed by atoms with van der Waals surface area (Å²) in [4.78, 5) is 22.8. The number of carboxylic acids is 1. The van der Waals surface area contributed by atoms with Gasteiger partial charge in [0.25, 0.3) is 0 Å². The number of aliphatic carboxylic acids is 1. The minimum atomic E-state index is -0.766. The molecule has 1 fully saturated rings. The van der Waals surface area contributed by atoms with Crippen LogP contribution in [0.1, 0.15) is 31.7 Å². The average molecular weight is 276 g/mol. The minimum Gasteiger partial charge on any atom is -0.481 e. The van der Waals surface area contributed by atoms with Gasteiger partial charge in [-0.3, -0.25) is 9.59 Å². The molecule has 2 rings (SSSR count). The number of hydrogen-bond donors (Lipinski definition) is 3. The highest BCUT2D eigenvalue weighted by atomic mass is 16.4. The van der Waals surface area contributed by atoms with E-state index in [2.05, 4.69) is 10.6 Å². The van der Waals surface area contributed by atoms with Crippen molar-refractivity contribution in [3.8, 4) is 0 Å². The molecule has 0 unspecified atom stereocenters. The van der Waals surface area contributed by atoms with E-state index >= 15 is 0 Å². The van der Waals surface area contributed by atoms with Gasteiger partial charge in [-0.1, -0.05) is 19.1 Å². The highest BCUT2D eigenvalue weighted by molar-refractivity contribution is 5.92. The molecule has 1 saturated carbocycles. The van der Waals surface area contributed by atoms with Crippen LogP contribution in [-0.2, 0) is 15.0 Å². The van der Waals surface area contributed by atoms with Crippen LogP contribution >= 0.6 is 0 Å². The third kappa shape index (κ3) is 3.17. The zero-order chi connectivity index (χ0) is 14.6. The number of benzene rings is 1. The first kappa shape index (κ1) is 14.5. The number of hydrogen-bond acceptors (Lipinski definition) is 3. The molecule has 0 heterocycles. The Kier molecular flexibility index (Phi) is 4.39. The summed E-state index contributed by atoms with van der Waals surface area (Å²) in [5, 5.41) is 15.0. The lowest BCUT2D eigenvalue weighted by Gasteiger charge is -2.11. The number of nitrogens with one attached hydrogen (secondary N) is 2. The third-order valence-electron chi connectivity index (χ3n) is 3.59. The largest absolute Gasteiger partial charge is 0.481 e. The monoisotopic (exact) mass is 276 g/mol. The van der Waals surface area contributed by atoms with Gasteiger partial charge < -0.3 is 15.7 Å². The summed E-state index contributed by atoms with van der Waals surface area (Å²) < 4.78 is 0. The zero-order valence-electron chi connectivity index (χ0n) is 11.6. The van der Waals surface area contributed by atoms with Crippen molar-refractivity contribution in [1.29, 1.82) is 0 Å². The first-order chi connectivity index (χ1) is 9.58. The SMILES string of the molecule is CCCNCC(=O)Nc1ccc(C2(C(=O)O)CC2)cc1. The van der Waals surface area contributed by atoms with Crippen LogP contribution < -0.4 is 10.6 Å². The van der Waals surface area contributed by atoms with Gasteiger partial charge in [-0.25, -0.2) is 0 Å². The van der Waals surface area contributed by atoms with Gasteiger partial charge in [-0.05, 0) is 43.5 Å². The summed E-state index contributed by atoms with van der Waals surface area (Å²) in [6.45, 7) is 3.14. The van der Waals surface area contributed by atoms with E-state index < -0.39 is 11.4 Å². The fraction of sp³-hybridized carbons (Fsp3) is 0.467. The Morgan fingerprint density at radius 2 is 1.90 bits per heavy atom. The van der Waals surface area contributed by atoms with Crippen molar-refractivity contribution in [3.63, 3.8) is 0 Å². The molecule has 0 atom stereocenters. The van der Waals surface area contributed by atoms with Gasteiger partial charge in [-0.2, -0.15) is 0 Å². The van der Waals surface area contributed by atoms with Crippen molar-refractivity contribution in [1.82, 2.24) is 5.32 Å². The molecule has 108 valence electrons. The number of rotatable bonds is 7. The Morgan fingerprint density at radius 1 is 1.25 bits per heavy atom. The van der Waals surface area contributed by atoms with E-state index in [1.54, 1.807) is 24.3 Å². The van der Waals surface area contributed by atoms with Gasteiger partial charge in [0.15, 0.2) is 0 Å². The van der Waals surface area contributed by atoms with Gasteiger partial charge in [-0.15, -0.1) is 0 Å². The van der Waals surface area contributed by atoms with Gasteiger partial charge in [0.2, 0.25) is 5.91 Å². The molecule has 0 bridgehead atoms. The van der Waals surface area contributed by atoms with Gasteiger partial charge in [0.1, 0.15) is 0 Å². The smallest absolute Gasteiger partial charge is 0.314 e. The summed E-state index contributed by atoms with van der Waals surface area (Å²) in [7, 11) is 0. The highest BCUT2D eigenvalue weighted by Gasteiger charge is 2.51.